The number of aromatic nitrogens is 1. The van der Waals surface area contributed by atoms with E-state index >= 15 is 0 Å². The van der Waals surface area contributed by atoms with Crippen molar-refractivity contribution in [1.82, 2.24) is 10.3 Å². The lowest BCUT2D eigenvalue weighted by Crippen LogP contribution is -2.50. The third-order valence-corrected chi connectivity index (χ3v) is 3.53. The second-order valence-electron chi connectivity index (χ2n) is 5.51. The maximum atomic E-state index is 12.0. The Labute approximate surface area is 129 Å². The molecule has 1 heterocycles. The maximum absolute atomic E-state index is 12.0. The van der Waals surface area contributed by atoms with Crippen LogP contribution in [0.4, 0.5) is 10.5 Å². The van der Waals surface area contributed by atoms with Gasteiger partial charge in [-0.3, -0.25) is 0 Å². The summed E-state index contributed by atoms with van der Waals surface area (Å²) in [7, 11) is 0. The van der Waals surface area contributed by atoms with Gasteiger partial charge in [-0.2, -0.15) is 0 Å². The molecule has 0 radical (unpaired) electrons. The van der Waals surface area contributed by atoms with E-state index in [0.717, 1.165) is 11.3 Å². The summed E-state index contributed by atoms with van der Waals surface area (Å²) in [4.78, 5) is 16.2. The van der Waals surface area contributed by atoms with Crippen molar-refractivity contribution in [2.45, 2.75) is 32.7 Å². The Morgan fingerprint density at radius 2 is 2.23 bits per heavy atom. The second kappa shape index (κ2) is 6.62. The third kappa shape index (κ3) is 3.85. The molecular formula is C16H21N3O3. The Balaban J connectivity index is 2.09. The number of hydrogen-bond acceptors (Lipinski definition) is 4. The third-order valence-electron chi connectivity index (χ3n) is 3.53. The SMILES string of the molecule is CCC(C)(CO)NC(=O)Nc1cccc(-c2ncc(C)o2)c1. The van der Waals surface area contributed by atoms with Crippen LogP contribution in [0.3, 0.4) is 0 Å². The number of aliphatic hydroxyl groups is 1. The van der Waals surface area contributed by atoms with Gasteiger partial charge in [-0.25, -0.2) is 9.78 Å². The van der Waals surface area contributed by atoms with E-state index < -0.39 is 5.54 Å². The van der Waals surface area contributed by atoms with E-state index in [4.69, 9.17) is 4.42 Å². The van der Waals surface area contributed by atoms with Crippen LogP contribution in [0.2, 0.25) is 0 Å². The molecule has 1 unspecified atom stereocenters. The molecule has 2 amide bonds. The zero-order chi connectivity index (χ0) is 16.2. The smallest absolute Gasteiger partial charge is 0.319 e. The molecule has 1 aromatic carbocycles. The zero-order valence-electron chi connectivity index (χ0n) is 13.0. The first kappa shape index (κ1) is 16.0. The normalized spacial score (nSPS) is 13.5. The summed E-state index contributed by atoms with van der Waals surface area (Å²) in [6.07, 6.45) is 2.28. The average Bonchev–Trinajstić information content (AvgIpc) is 2.94. The predicted molar refractivity (Wildman–Crippen MR) is 84.6 cm³/mol. The quantitative estimate of drug-likeness (QED) is 0.792. The topological polar surface area (TPSA) is 87.4 Å². The van der Waals surface area contributed by atoms with Gasteiger partial charge in [-0.15, -0.1) is 0 Å². The van der Waals surface area contributed by atoms with Crippen molar-refractivity contribution in [1.29, 1.82) is 0 Å². The van der Waals surface area contributed by atoms with E-state index in [1.807, 2.05) is 26.0 Å². The summed E-state index contributed by atoms with van der Waals surface area (Å²) in [5.74, 6) is 1.24. The molecule has 22 heavy (non-hydrogen) atoms. The molecule has 6 nitrogen and oxygen atoms in total. The standard InChI is InChI=1S/C16H21N3O3/c1-4-16(3,10-20)19-15(21)18-13-7-5-6-12(8-13)14-17-9-11(2)22-14/h5-9,20H,4,10H2,1-3H3,(H2,18,19,21). The molecule has 1 atom stereocenters. The van der Waals surface area contributed by atoms with Gasteiger partial charge < -0.3 is 20.2 Å². The number of rotatable bonds is 5. The summed E-state index contributed by atoms with van der Waals surface area (Å²) in [5.41, 5.74) is 0.773. The molecule has 0 aliphatic carbocycles. The predicted octanol–water partition coefficient (Wildman–Crippen LogP) is 2.93. The van der Waals surface area contributed by atoms with Crippen LogP contribution in [-0.4, -0.2) is 28.3 Å². The number of benzene rings is 1. The fraction of sp³-hybridized carbons (Fsp3) is 0.375. The van der Waals surface area contributed by atoms with Gasteiger partial charge in [0.1, 0.15) is 5.76 Å². The Bertz CT molecular complexity index is 648. The lowest BCUT2D eigenvalue weighted by Gasteiger charge is -2.27. The van der Waals surface area contributed by atoms with Crippen LogP contribution in [0, 0.1) is 6.92 Å². The maximum Gasteiger partial charge on any atom is 0.319 e. The summed E-state index contributed by atoms with van der Waals surface area (Å²) in [6.45, 7) is 5.40. The molecule has 0 spiro atoms. The van der Waals surface area contributed by atoms with Crippen LogP contribution in [0.15, 0.2) is 34.9 Å². The molecule has 3 N–H and O–H groups in total. The fourth-order valence-electron chi connectivity index (χ4n) is 1.89. The largest absolute Gasteiger partial charge is 0.441 e. The summed E-state index contributed by atoms with van der Waals surface area (Å²) in [5, 5.41) is 14.9. The first-order chi connectivity index (χ1) is 10.5. The molecular weight excluding hydrogens is 282 g/mol. The highest BCUT2D eigenvalue weighted by Gasteiger charge is 2.23. The first-order valence-electron chi connectivity index (χ1n) is 7.18. The highest BCUT2D eigenvalue weighted by Crippen LogP contribution is 2.22. The minimum Gasteiger partial charge on any atom is -0.441 e. The van der Waals surface area contributed by atoms with E-state index in [1.54, 1.807) is 25.3 Å². The van der Waals surface area contributed by atoms with Crippen molar-refractivity contribution in [2.75, 3.05) is 11.9 Å². The summed E-state index contributed by atoms with van der Waals surface area (Å²) < 4.78 is 5.47. The van der Waals surface area contributed by atoms with Crippen LogP contribution in [0.1, 0.15) is 26.0 Å². The first-order valence-corrected chi connectivity index (χ1v) is 7.18. The Morgan fingerprint density at radius 1 is 1.45 bits per heavy atom. The van der Waals surface area contributed by atoms with E-state index in [1.165, 1.54) is 0 Å². The molecule has 118 valence electrons. The molecule has 1 aromatic heterocycles. The van der Waals surface area contributed by atoms with Gasteiger partial charge in [-0.05, 0) is 38.5 Å². The molecule has 0 aliphatic heterocycles. The van der Waals surface area contributed by atoms with Crippen molar-refractivity contribution in [3.05, 3.63) is 36.2 Å². The van der Waals surface area contributed by atoms with Crippen molar-refractivity contribution < 1.29 is 14.3 Å². The van der Waals surface area contributed by atoms with Gasteiger partial charge in [0.05, 0.1) is 18.3 Å². The Hall–Kier alpha value is -2.34. The Kier molecular flexibility index (Phi) is 4.82. The van der Waals surface area contributed by atoms with Crippen molar-refractivity contribution in [2.24, 2.45) is 0 Å². The lowest BCUT2D eigenvalue weighted by molar-refractivity contribution is 0.172. The number of anilines is 1. The molecule has 0 saturated heterocycles. The molecule has 6 heteroatoms. The van der Waals surface area contributed by atoms with E-state index in [2.05, 4.69) is 15.6 Å². The minimum atomic E-state index is -0.638. The van der Waals surface area contributed by atoms with E-state index in [-0.39, 0.29) is 12.6 Å². The van der Waals surface area contributed by atoms with Crippen molar-refractivity contribution in [3.63, 3.8) is 0 Å². The lowest BCUT2D eigenvalue weighted by atomic mass is 10.0. The molecule has 2 aromatic rings. The van der Waals surface area contributed by atoms with Crippen molar-refractivity contribution >= 4 is 11.7 Å². The van der Waals surface area contributed by atoms with Crippen LogP contribution in [0.5, 0.6) is 0 Å². The molecule has 0 aliphatic rings. The van der Waals surface area contributed by atoms with Gasteiger partial charge in [0, 0.05) is 11.3 Å². The zero-order valence-corrected chi connectivity index (χ0v) is 13.0. The van der Waals surface area contributed by atoms with E-state index in [0.29, 0.717) is 18.0 Å². The van der Waals surface area contributed by atoms with Gasteiger partial charge in [0.2, 0.25) is 5.89 Å². The monoisotopic (exact) mass is 303 g/mol. The number of amides is 2. The highest BCUT2D eigenvalue weighted by molar-refractivity contribution is 5.90. The fourth-order valence-corrected chi connectivity index (χ4v) is 1.89. The van der Waals surface area contributed by atoms with Crippen LogP contribution in [-0.2, 0) is 0 Å². The number of oxazole rings is 1. The number of nitrogens with one attached hydrogen (secondary N) is 2. The number of carbonyl (C=O) groups excluding carboxylic acids is 1. The Morgan fingerprint density at radius 3 is 2.82 bits per heavy atom. The molecule has 0 fully saturated rings. The van der Waals surface area contributed by atoms with Crippen LogP contribution in [0.25, 0.3) is 11.5 Å². The number of aryl methyl sites for hydroxylation is 1. The van der Waals surface area contributed by atoms with E-state index in [9.17, 15) is 9.90 Å². The highest BCUT2D eigenvalue weighted by atomic mass is 16.4. The number of carbonyl (C=O) groups is 1. The van der Waals surface area contributed by atoms with Crippen molar-refractivity contribution in [3.8, 4) is 11.5 Å². The molecule has 2 rings (SSSR count). The van der Waals surface area contributed by atoms with Gasteiger partial charge in [0.25, 0.3) is 0 Å². The van der Waals surface area contributed by atoms with Gasteiger partial charge >= 0.3 is 6.03 Å². The summed E-state index contributed by atoms with van der Waals surface area (Å²) >= 11 is 0. The minimum absolute atomic E-state index is 0.119. The number of aliphatic hydroxyl groups excluding tert-OH is 1. The van der Waals surface area contributed by atoms with Crippen LogP contribution < -0.4 is 10.6 Å². The average molecular weight is 303 g/mol. The summed E-state index contributed by atoms with van der Waals surface area (Å²) in [6, 6.07) is 6.88. The molecule has 0 saturated carbocycles. The second-order valence-corrected chi connectivity index (χ2v) is 5.51. The van der Waals surface area contributed by atoms with Crippen LogP contribution >= 0.6 is 0 Å². The van der Waals surface area contributed by atoms with Gasteiger partial charge in [-0.1, -0.05) is 13.0 Å². The van der Waals surface area contributed by atoms with Gasteiger partial charge in [0.15, 0.2) is 0 Å². The number of urea groups is 1. The molecule has 0 bridgehead atoms. The number of hydrogen-bond donors (Lipinski definition) is 3. The number of nitrogens with zero attached hydrogens (tertiary/aromatic N) is 1.